The summed E-state index contributed by atoms with van der Waals surface area (Å²) in [6.07, 6.45) is -4.17. The molecule has 0 saturated heterocycles. The number of alkyl halides is 3. The van der Waals surface area contributed by atoms with Crippen molar-refractivity contribution in [1.82, 2.24) is 0 Å². The first-order valence-corrected chi connectivity index (χ1v) is 5.97. The van der Waals surface area contributed by atoms with E-state index in [1.165, 1.54) is 13.2 Å². The fraction of sp³-hybridized carbons (Fsp3) is 0.462. The molecule has 0 bridgehead atoms. The molecule has 0 aliphatic rings. The number of rotatable bonds is 6. The van der Waals surface area contributed by atoms with Crippen molar-refractivity contribution < 1.29 is 17.9 Å². The number of nitrogens with zero attached hydrogens (tertiary/aromatic N) is 2. The second-order valence-electron chi connectivity index (χ2n) is 4.16. The summed E-state index contributed by atoms with van der Waals surface area (Å²) in [5, 5.41) is 8.62. The molecule has 0 aromatic heterocycles. The highest BCUT2D eigenvalue weighted by Crippen LogP contribution is 2.34. The van der Waals surface area contributed by atoms with E-state index in [4.69, 9.17) is 15.7 Å². The lowest BCUT2D eigenvalue weighted by Crippen LogP contribution is -2.29. The number of nitrogen functional groups attached to an aromatic ring is 1. The number of hydrogen-bond donors (Lipinski definition) is 1. The number of ether oxygens (including phenoxy) is 1. The quantitative estimate of drug-likeness (QED) is 0.817. The molecule has 0 unspecified atom stereocenters. The number of benzene rings is 1. The normalized spacial score (nSPS) is 11.2. The van der Waals surface area contributed by atoms with Gasteiger partial charge in [-0.2, -0.15) is 18.4 Å². The Morgan fingerprint density at radius 1 is 1.35 bits per heavy atom. The van der Waals surface area contributed by atoms with Crippen molar-refractivity contribution in [1.29, 1.82) is 5.26 Å². The summed E-state index contributed by atoms with van der Waals surface area (Å²) in [5.41, 5.74) is 5.42. The van der Waals surface area contributed by atoms with E-state index in [9.17, 15) is 13.2 Å². The maximum absolute atomic E-state index is 12.6. The Bertz CT molecular complexity index is 483. The van der Waals surface area contributed by atoms with Crippen LogP contribution in [-0.2, 0) is 10.9 Å². The zero-order valence-corrected chi connectivity index (χ0v) is 11.1. The van der Waals surface area contributed by atoms with Gasteiger partial charge >= 0.3 is 6.18 Å². The number of anilines is 2. The summed E-state index contributed by atoms with van der Waals surface area (Å²) >= 11 is 0. The van der Waals surface area contributed by atoms with Crippen LogP contribution in [0, 0.1) is 11.3 Å². The summed E-state index contributed by atoms with van der Waals surface area (Å²) in [6.45, 7) is 1.23. The van der Waals surface area contributed by atoms with E-state index in [-0.39, 0.29) is 12.1 Å². The first-order chi connectivity index (χ1) is 9.40. The van der Waals surface area contributed by atoms with Crippen LogP contribution < -0.4 is 10.6 Å². The van der Waals surface area contributed by atoms with Gasteiger partial charge in [0.2, 0.25) is 0 Å². The van der Waals surface area contributed by atoms with Gasteiger partial charge in [0.1, 0.15) is 0 Å². The molecule has 2 N–H and O–H groups in total. The molecule has 1 aromatic rings. The van der Waals surface area contributed by atoms with Gasteiger partial charge < -0.3 is 15.4 Å². The van der Waals surface area contributed by atoms with Crippen molar-refractivity contribution in [3.63, 3.8) is 0 Å². The first kappa shape index (κ1) is 16.1. The standard InChI is InChI=1S/C13H16F3N3O/c1-20-8-7-19(6-2-5-17)12-4-3-10(9-11(12)18)13(14,15)16/h3-4,9H,2,6-8,18H2,1H3. The highest BCUT2D eigenvalue weighted by atomic mass is 19.4. The number of nitrogens with two attached hydrogens (primary N) is 1. The lowest BCUT2D eigenvalue weighted by Gasteiger charge is -2.25. The number of hydrogen-bond acceptors (Lipinski definition) is 4. The molecule has 0 aliphatic carbocycles. The minimum Gasteiger partial charge on any atom is -0.397 e. The molecule has 0 spiro atoms. The molecule has 1 aromatic carbocycles. The number of halogens is 3. The van der Waals surface area contributed by atoms with Crippen LogP contribution in [-0.4, -0.2) is 26.8 Å². The summed E-state index contributed by atoms with van der Waals surface area (Å²) in [5.74, 6) is 0. The largest absolute Gasteiger partial charge is 0.416 e. The SMILES string of the molecule is COCCN(CCC#N)c1ccc(C(F)(F)F)cc1N. The smallest absolute Gasteiger partial charge is 0.397 e. The van der Waals surface area contributed by atoms with Gasteiger partial charge in [-0.1, -0.05) is 0 Å². The molecule has 20 heavy (non-hydrogen) atoms. The number of methoxy groups -OCH3 is 1. The highest BCUT2D eigenvalue weighted by molar-refractivity contribution is 5.68. The second kappa shape index (κ2) is 7.01. The second-order valence-corrected chi connectivity index (χ2v) is 4.16. The molecular formula is C13H16F3N3O. The molecule has 1 rings (SSSR count). The van der Waals surface area contributed by atoms with Gasteiger partial charge in [0.05, 0.1) is 36.0 Å². The van der Waals surface area contributed by atoms with Crippen molar-refractivity contribution in [3.8, 4) is 6.07 Å². The van der Waals surface area contributed by atoms with E-state index in [1.807, 2.05) is 6.07 Å². The monoisotopic (exact) mass is 287 g/mol. The number of nitriles is 1. The van der Waals surface area contributed by atoms with E-state index in [2.05, 4.69) is 0 Å². The Hall–Kier alpha value is -1.94. The predicted molar refractivity (Wildman–Crippen MR) is 70.2 cm³/mol. The van der Waals surface area contributed by atoms with Gasteiger partial charge in [-0.05, 0) is 18.2 Å². The fourth-order valence-electron chi connectivity index (χ4n) is 1.76. The summed E-state index contributed by atoms with van der Waals surface area (Å²) in [6, 6.07) is 5.21. The van der Waals surface area contributed by atoms with Crippen LogP contribution in [0.5, 0.6) is 0 Å². The Labute approximate surface area is 115 Å². The van der Waals surface area contributed by atoms with E-state index in [1.54, 1.807) is 4.90 Å². The maximum Gasteiger partial charge on any atom is 0.416 e. The van der Waals surface area contributed by atoms with Gasteiger partial charge in [0, 0.05) is 20.2 Å². The average Bonchev–Trinajstić information content (AvgIpc) is 2.38. The lowest BCUT2D eigenvalue weighted by molar-refractivity contribution is -0.137. The van der Waals surface area contributed by atoms with Gasteiger partial charge in [-0.25, -0.2) is 0 Å². The Morgan fingerprint density at radius 3 is 2.55 bits per heavy atom. The van der Waals surface area contributed by atoms with Crippen LogP contribution in [0.1, 0.15) is 12.0 Å². The van der Waals surface area contributed by atoms with E-state index < -0.39 is 11.7 Å². The van der Waals surface area contributed by atoms with E-state index in [0.29, 0.717) is 25.4 Å². The third-order valence-electron chi connectivity index (χ3n) is 2.75. The van der Waals surface area contributed by atoms with E-state index >= 15 is 0 Å². The van der Waals surface area contributed by atoms with Crippen molar-refractivity contribution in [2.75, 3.05) is 37.4 Å². The van der Waals surface area contributed by atoms with Gasteiger partial charge in [0.25, 0.3) is 0 Å². The molecule has 0 fully saturated rings. The zero-order chi connectivity index (χ0) is 15.2. The van der Waals surface area contributed by atoms with Crippen LogP contribution in [0.4, 0.5) is 24.5 Å². The topological polar surface area (TPSA) is 62.3 Å². The van der Waals surface area contributed by atoms with Crippen LogP contribution in [0.25, 0.3) is 0 Å². The first-order valence-electron chi connectivity index (χ1n) is 5.97. The molecule has 0 radical (unpaired) electrons. The van der Waals surface area contributed by atoms with Crippen molar-refractivity contribution in [3.05, 3.63) is 23.8 Å². The fourth-order valence-corrected chi connectivity index (χ4v) is 1.76. The van der Waals surface area contributed by atoms with Crippen LogP contribution in [0.3, 0.4) is 0 Å². The predicted octanol–water partition coefficient (Wildman–Crippen LogP) is 2.65. The molecule has 0 amide bonds. The van der Waals surface area contributed by atoms with Crippen LogP contribution >= 0.6 is 0 Å². The zero-order valence-electron chi connectivity index (χ0n) is 11.1. The van der Waals surface area contributed by atoms with Gasteiger partial charge in [-0.3, -0.25) is 0 Å². The Morgan fingerprint density at radius 2 is 2.05 bits per heavy atom. The molecule has 0 atom stereocenters. The molecule has 110 valence electrons. The maximum atomic E-state index is 12.6. The van der Waals surface area contributed by atoms with Crippen LogP contribution in [0.15, 0.2) is 18.2 Å². The average molecular weight is 287 g/mol. The molecule has 4 nitrogen and oxygen atoms in total. The Kier molecular flexibility index (Phi) is 5.65. The van der Waals surface area contributed by atoms with Gasteiger partial charge in [-0.15, -0.1) is 0 Å². The minimum atomic E-state index is -4.42. The molecule has 0 saturated carbocycles. The van der Waals surface area contributed by atoms with Crippen LogP contribution in [0.2, 0.25) is 0 Å². The molecule has 0 heterocycles. The third-order valence-corrected chi connectivity index (χ3v) is 2.75. The summed E-state index contributed by atoms with van der Waals surface area (Å²) < 4.78 is 42.7. The molecule has 7 heteroatoms. The Balaban J connectivity index is 2.99. The van der Waals surface area contributed by atoms with Gasteiger partial charge in [0.15, 0.2) is 0 Å². The van der Waals surface area contributed by atoms with Crippen molar-refractivity contribution in [2.45, 2.75) is 12.6 Å². The third kappa shape index (κ3) is 4.31. The van der Waals surface area contributed by atoms with Crippen molar-refractivity contribution in [2.24, 2.45) is 0 Å². The summed E-state index contributed by atoms with van der Waals surface area (Å²) in [4.78, 5) is 1.74. The molecule has 0 aliphatic heterocycles. The highest BCUT2D eigenvalue weighted by Gasteiger charge is 2.31. The lowest BCUT2D eigenvalue weighted by atomic mass is 10.1. The van der Waals surface area contributed by atoms with Crippen molar-refractivity contribution >= 4 is 11.4 Å². The molecular weight excluding hydrogens is 271 g/mol. The minimum absolute atomic E-state index is 0.0360. The summed E-state index contributed by atoms with van der Waals surface area (Å²) in [7, 11) is 1.53. The van der Waals surface area contributed by atoms with E-state index in [0.717, 1.165) is 12.1 Å².